The van der Waals surface area contributed by atoms with E-state index in [9.17, 15) is 0 Å². The summed E-state index contributed by atoms with van der Waals surface area (Å²) in [5.74, 6) is 0.752. The molecule has 84 valence electrons. The van der Waals surface area contributed by atoms with E-state index in [0.29, 0.717) is 17.9 Å². The van der Waals surface area contributed by atoms with Crippen LogP contribution in [0.5, 0.6) is 0 Å². The molecule has 0 radical (unpaired) electrons. The number of ether oxygens (including phenoxy) is 2. The van der Waals surface area contributed by atoms with Crippen LogP contribution >= 0.6 is 22.6 Å². The van der Waals surface area contributed by atoms with Gasteiger partial charge < -0.3 is 9.47 Å². The van der Waals surface area contributed by atoms with Gasteiger partial charge in [0.15, 0.2) is 5.79 Å². The molecule has 0 spiro atoms. The maximum absolute atomic E-state index is 5.97. The first kappa shape index (κ1) is 12.7. The van der Waals surface area contributed by atoms with Gasteiger partial charge in [-0.3, -0.25) is 0 Å². The molecule has 0 aromatic rings. The molecule has 1 aliphatic heterocycles. The fourth-order valence-electron chi connectivity index (χ4n) is 1.92. The van der Waals surface area contributed by atoms with Crippen molar-refractivity contribution in [1.29, 1.82) is 0 Å². The summed E-state index contributed by atoms with van der Waals surface area (Å²) in [5, 5.41) is 0. The zero-order chi connectivity index (χ0) is 10.8. The SMILES string of the molecule is C[C@H](CCI)[C@@H]1OC(C)(C)OC[C@@H]1C. The number of alkyl halides is 1. The van der Waals surface area contributed by atoms with Crippen LogP contribution in [0.3, 0.4) is 0 Å². The van der Waals surface area contributed by atoms with Crippen LogP contribution in [0.15, 0.2) is 0 Å². The van der Waals surface area contributed by atoms with Gasteiger partial charge in [-0.15, -0.1) is 0 Å². The molecule has 1 saturated heterocycles. The van der Waals surface area contributed by atoms with Gasteiger partial charge in [-0.1, -0.05) is 36.4 Å². The van der Waals surface area contributed by atoms with Crippen LogP contribution in [0, 0.1) is 11.8 Å². The van der Waals surface area contributed by atoms with Crippen molar-refractivity contribution in [3.05, 3.63) is 0 Å². The minimum atomic E-state index is -0.392. The summed E-state index contributed by atoms with van der Waals surface area (Å²) >= 11 is 2.43. The molecule has 0 aliphatic carbocycles. The standard InChI is InChI=1S/C11H21IO2/c1-8(5-6-12)10-9(2)7-13-11(3,4)14-10/h8-10H,5-7H2,1-4H3/t8-,9+,10+/m1/s1. The van der Waals surface area contributed by atoms with Crippen molar-refractivity contribution < 1.29 is 9.47 Å². The normalized spacial score (nSPS) is 34.1. The summed E-state index contributed by atoms with van der Waals surface area (Å²) in [7, 11) is 0. The molecule has 1 aliphatic rings. The van der Waals surface area contributed by atoms with Gasteiger partial charge in [0.05, 0.1) is 12.7 Å². The molecular formula is C11H21IO2. The Morgan fingerprint density at radius 3 is 2.71 bits per heavy atom. The van der Waals surface area contributed by atoms with Crippen molar-refractivity contribution >= 4 is 22.6 Å². The maximum atomic E-state index is 5.97. The van der Waals surface area contributed by atoms with E-state index < -0.39 is 5.79 Å². The van der Waals surface area contributed by atoms with Crippen molar-refractivity contribution in [3.8, 4) is 0 Å². The van der Waals surface area contributed by atoms with Crippen LogP contribution < -0.4 is 0 Å². The summed E-state index contributed by atoms with van der Waals surface area (Å²) in [5.41, 5.74) is 0. The predicted molar refractivity (Wildman–Crippen MR) is 66.7 cm³/mol. The van der Waals surface area contributed by atoms with Crippen LogP contribution in [0.25, 0.3) is 0 Å². The molecule has 0 amide bonds. The maximum Gasteiger partial charge on any atom is 0.163 e. The molecule has 14 heavy (non-hydrogen) atoms. The topological polar surface area (TPSA) is 18.5 Å². The van der Waals surface area contributed by atoms with Crippen LogP contribution in [-0.2, 0) is 9.47 Å². The average molecular weight is 312 g/mol. The zero-order valence-corrected chi connectivity index (χ0v) is 11.7. The van der Waals surface area contributed by atoms with Crippen molar-refractivity contribution in [1.82, 2.24) is 0 Å². The molecule has 0 aromatic heterocycles. The molecule has 3 heteroatoms. The largest absolute Gasteiger partial charge is 0.350 e. The minimum absolute atomic E-state index is 0.355. The van der Waals surface area contributed by atoms with E-state index in [1.54, 1.807) is 0 Å². The van der Waals surface area contributed by atoms with Gasteiger partial charge in [-0.25, -0.2) is 0 Å². The van der Waals surface area contributed by atoms with E-state index in [1.807, 2.05) is 13.8 Å². The highest BCUT2D eigenvalue weighted by molar-refractivity contribution is 14.1. The summed E-state index contributed by atoms with van der Waals surface area (Å²) in [4.78, 5) is 0. The average Bonchev–Trinajstić information content (AvgIpc) is 2.10. The van der Waals surface area contributed by atoms with Crippen molar-refractivity contribution in [2.24, 2.45) is 11.8 Å². The van der Waals surface area contributed by atoms with Gasteiger partial charge in [0.25, 0.3) is 0 Å². The van der Waals surface area contributed by atoms with Crippen molar-refractivity contribution in [2.45, 2.75) is 46.0 Å². The van der Waals surface area contributed by atoms with Gasteiger partial charge in [-0.2, -0.15) is 0 Å². The highest BCUT2D eigenvalue weighted by atomic mass is 127. The van der Waals surface area contributed by atoms with Crippen molar-refractivity contribution in [2.75, 3.05) is 11.0 Å². The van der Waals surface area contributed by atoms with E-state index in [4.69, 9.17) is 9.47 Å². The Morgan fingerprint density at radius 1 is 1.50 bits per heavy atom. The van der Waals surface area contributed by atoms with Crippen LogP contribution in [-0.4, -0.2) is 22.9 Å². The molecule has 0 saturated carbocycles. The van der Waals surface area contributed by atoms with E-state index in [-0.39, 0.29) is 0 Å². The summed E-state index contributed by atoms with van der Waals surface area (Å²) in [6.07, 6.45) is 1.58. The molecule has 0 unspecified atom stereocenters. The fraction of sp³-hybridized carbons (Fsp3) is 1.00. The predicted octanol–water partition coefficient (Wildman–Crippen LogP) is 3.24. The van der Waals surface area contributed by atoms with E-state index in [0.717, 1.165) is 6.61 Å². The quantitative estimate of drug-likeness (QED) is 0.588. The van der Waals surface area contributed by atoms with Crippen LogP contribution in [0.1, 0.15) is 34.1 Å². The lowest BCUT2D eigenvalue weighted by Gasteiger charge is -2.42. The first-order valence-electron chi connectivity index (χ1n) is 5.34. The molecule has 0 bridgehead atoms. The van der Waals surface area contributed by atoms with Gasteiger partial charge in [0.1, 0.15) is 0 Å². The summed E-state index contributed by atoms with van der Waals surface area (Å²) < 4.78 is 12.8. The lowest BCUT2D eigenvalue weighted by molar-refractivity contribution is -0.299. The lowest BCUT2D eigenvalue weighted by Crippen LogP contribution is -2.47. The second-order valence-electron chi connectivity index (χ2n) is 4.73. The molecular weight excluding hydrogens is 291 g/mol. The van der Waals surface area contributed by atoms with Crippen LogP contribution in [0.4, 0.5) is 0 Å². The molecule has 2 nitrogen and oxygen atoms in total. The molecule has 3 atom stereocenters. The molecule has 1 rings (SSSR count). The number of halogens is 1. The Hall–Kier alpha value is 0.650. The minimum Gasteiger partial charge on any atom is -0.350 e. The smallest absolute Gasteiger partial charge is 0.163 e. The number of rotatable bonds is 3. The Labute approximate surface area is 101 Å². The fourth-order valence-corrected chi connectivity index (χ4v) is 2.90. The van der Waals surface area contributed by atoms with E-state index in [1.165, 1.54) is 10.8 Å². The summed E-state index contributed by atoms with van der Waals surface area (Å²) in [6.45, 7) is 9.32. The molecule has 0 aromatic carbocycles. The molecule has 0 N–H and O–H groups in total. The Balaban J connectivity index is 2.56. The third-order valence-electron chi connectivity index (χ3n) is 2.80. The monoisotopic (exact) mass is 312 g/mol. The van der Waals surface area contributed by atoms with Crippen LogP contribution in [0.2, 0.25) is 0 Å². The van der Waals surface area contributed by atoms with Gasteiger partial charge >= 0.3 is 0 Å². The second-order valence-corrected chi connectivity index (χ2v) is 5.80. The van der Waals surface area contributed by atoms with Gasteiger partial charge in [-0.05, 0) is 30.6 Å². The van der Waals surface area contributed by atoms with E-state index >= 15 is 0 Å². The van der Waals surface area contributed by atoms with Gasteiger partial charge in [0, 0.05) is 5.92 Å². The second kappa shape index (κ2) is 5.12. The first-order chi connectivity index (χ1) is 6.46. The number of hydrogen-bond donors (Lipinski definition) is 0. The summed E-state index contributed by atoms with van der Waals surface area (Å²) in [6, 6.07) is 0. The molecule has 1 heterocycles. The Bertz CT molecular complexity index is 182. The number of hydrogen-bond acceptors (Lipinski definition) is 2. The zero-order valence-electron chi connectivity index (χ0n) is 9.55. The highest BCUT2D eigenvalue weighted by Gasteiger charge is 2.36. The molecule has 1 fully saturated rings. The third-order valence-corrected chi connectivity index (χ3v) is 3.42. The lowest BCUT2D eigenvalue weighted by atomic mass is 9.90. The van der Waals surface area contributed by atoms with E-state index in [2.05, 4.69) is 36.4 Å². The Morgan fingerprint density at radius 2 is 2.14 bits per heavy atom. The highest BCUT2D eigenvalue weighted by Crippen LogP contribution is 2.31. The third kappa shape index (κ3) is 3.35. The first-order valence-corrected chi connectivity index (χ1v) is 6.86. The van der Waals surface area contributed by atoms with Crippen molar-refractivity contribution in [3.63, 3.8) is 0 Å². The van der Waals surface area contributed by atoms with Gasteiger partial charge in [0.2, 0.25) is 0 Å². The Kier molecular flexibility index (Phi) is 4.65.